The highest BCUT2D eigenvalue weighted by molar-refractivity contribution is 5.47. The lowest BCUT2D eigenvalue weighted by Gasteiger charge is -2.29. The molecule has 0 amide bonds. The number of aromatic nitrogens is 1. The lowest BCUT2D eigenvalue weighted by atomic mass is 9.83. The first-order valence-electron chi connectivity index (χ1n) is 6.96. The Morgan fingerprint density at radius 1 is 1.10 bits per heavy atom. The zero-order valence-corrected chi connectivity index (χ0v) is 12.3. The van der Waals surface area contributed by atoms with Crippen LogP contribution in [-0.2, 0) is 0 Å². The first-order valence-corrected chi connectivity index (χ1v) is 6.96. The number of nitrogens with zero attached hydrogens (tertiary/aromatic N) is 1. The summed E-state index contributed by atoms with van der Waals surface area (Å²) < 4.78 is 27.2. The van der Waals surface area contributed by atoms with Gasteiger partial charge in [-0.25, -0.2) is 13.8 Å². The van der Waals surface area contributed by atoms with Gasteiger partial charge in [-0.3, -0.25) is 0 Å². The van der Waals surface area contributed by atoms with Crippen molar-refractivity contribution in [2.24, 2.45) is 5.41 Å². The van der Waals surface area contributed by atoms with E-state index in [-0.39, 0.29) is 23.7 Å². The largest absolute Gasteiger partial charge is 0.396 e. The maximum atomic E-state index is 13.7. The maximum absolute atomic E-state index is 13.7. The van der Waals surface area contributed by atoms with Crippen LogP contribution in [0.5, 0.6) is 0 Å². The summed E-state index contributed by atoms with van der Waals surface area (Å²) in [5.74, 6) is -1.42. The Hall–Kier alpha value is -1.43. The number of rotatable bonds is 8. The second kappa shape index (κ2) is 7.38. The Balaban J connectivity index is 2.89. The van der Waals surface area contributed by atoms with Crippen LogP contribution >= 0.6 is 0 Å². The van der Waals surface area contributed by atoms with Gasteiger partial charge >= 0.3 is 0 Å². The Kier molecular flexibility index (Phi) is 6.13. The molecular formula is C14H23F2N3O. The molecule has 0 radical (unpaired) electrons. The smallest absolute Gasteiger partial charge is 0.168 e. The Morgan fingerprint density at radius 2 is 1.65 bits per heavy atom. The van der Waals surface area contributed by atoms with Crippen LogP contribution < -0.4 is 10.6 Å². The van der Waals surface area contributed by atoms with E-state index in [1.165, 1.54) is 0 Å². The summed E-state index contributed by atoms with van der Waals surface area (Å²) in [6.07, 6.45) is 1.52. The predicted octanol–water partition coefficient (Wildman–Crippen LogP) is 3.00. The van der Waals surface area contributed by atoms with Crippen molar-refractivity contribution in [3.8, 4) is 0 Å². The lowest BCUT2D eigenvalue weighted by Crippen LogP contribution is -2.32. The average molecular weight is 287 g/mol. The van der Waals surface area contributed by atoms with Gasteiger partial charge in [-0.2, -0.15) is 0 Å². The normalized spacial score (nSPS) is 11.5. The topological polar surface area (TPSA) is 57.2 Å². The molecule has 0 aliphatic heterocycles. The summed E-state index contributed by atoms with van der Waals surface area (Å²) in [5.41, 5.74) is -0.319. The molecule has 0 saturated carbocycles. The van der Waals surface area contributed by atoms with Gasteiger partial charge in [0.25, 0.3) is 0 Å². The van der Waals surface area contributed by atoms with E-state index in [1.807, 2.05) is 20.8 Å². The molecule has 0 aliphatic rings. The van der Waals surface area contributed by atoms with Crippen LogP contribution in [0.2, 0.25) is 0 Å². The quantitative estimate of drug-likeness (QED) is 0.688. The van der Waals surface area contributed by atoms with Gasteiger partial charge in [0.15, 0.2) is 23.3 Å². The van der Waals surface area contributed by atoms with Crippen LogP contribution in [0.1, 0.15) is 33.6 Å². The van der Waals surface area contributed by atoms with E-state index in [9.17, 15) is 13.9 Å². The fourth-order valence-corrected chi connectivity index (χ4v) is 1.93. The second-order valence-corrected chi connectivity index (χ2v) is 4.90. The van der Waals surface area contributed by atoms with E-state index in [0.717, 1.165) is 18.9 Å². The number of anilines is 2. The first kappa shape index (κ1) is 16.6. The standard InChI is InChI=1S/C14H23F2N3O/c1-4-14(5-2,9-20)8-18-13-11(16)7-10(15)12(19-13)17-6-3/h7,20H,4-6,8-9H2,1-3H3,(H2,17,18,19). The molecule has 1 heterocycles. The van der Waals surface area contributed by atoms with Crippen molar-refractivity contribution in [2.75, 3.05) is 30.3 Å². The molecule has 0 aromatic carbocycles. The molecule has 4 nitrogen and oxygen atoms in total. The van der Waals surface area contributed by atoms with Crippen molar-refractivity contribution in [1.29, 1.82) is 0 Å². The SMILES string of the molecule is CCNc1nc(NCC(CC)(CC)CO)c(F)cc1F. The Labute approximate surface area is 118 Å². The van der Waals surface area contributed by atoms with Crippen molar-refractivity contribution < 1.29 is 13.9 Å². The zero-order chi connectivity index (χ0) is 15.2. The van der Waals surface area contributed by atoms with E-state index in [1.54, 1.807) is 0 Å². The first-order chi connectivity index (χ1) is 9.51. The van der Waals surface area contributed by atoms with Gasteiger partial charge < -0.3 is 15.7 Å². The number of hydrogen-bond acceptors (Lipinski definition) is 4. The molecule has 0 atom stereocenters. The minimum Gasteiger partial charge on any atom is -0.396 e. The molecule has 0 aliphatic carbocycles. The molecular weight excluding hydrogens is 264 g/mol. The minimum atomic E-state index is -0.733. The molecule has 20 heavy (non-hydrogen) atoms. The van der Waals surface area contributed by atoms with Crippen LogP contribution in [0.15, 0.2) is 6.07 Å². The minimum absolute atomic E-state index is 0.00192. The van der Waals surface area contributed by atoms with E-state index < -0.39 is 11.6 Å². The summed E-state index contributed by atoms with van der Waals surface area (Å²) in [6, 6.07) is 0.811. The van der Waals surface area contributed by atoms with Crippen molar-refractivity contribution in [1.82, 2.24) is 4.98 Å². The van der Waals surface area contributed by atoms with Crippen molar-refractivity contribution >= 4 is 11.6 Å². The monoisotopic (exact) mass is 287 g/mol. The molecule has 1 aromatic heterocycles. The van der Waals surface area contributed by atoms with Crippen molar-refractivity contribution in [3.05, 3.63) is 17.7 Å². The van der Waals surface area contributed by atoms with Gasteiger partial charge in [0.1, 0.15) is 0 Å². The van der Waals surface area contributed by atoms with Crippen LogP contribution in [0.25, 0.3) is 0 Å². The van der Waals surface area contributed by atoms with Gasteiger partial charge in [0.2, 0.25) is 0 Å². The molecule has 3 N–H and O–H groups in total. The summed E-state index contributed by atoms with van der Waals surface area (Å²) in [5, 5.41) is 15.1. The summed E-state index contributed by atoms with van der Waals surface area (Å²) in [7, 11) is 0. The third kappa shape index (κ3) is 3.79. The molecule has 0 bridgehead atoms. The number of hydrogen-bond donors (Lipinski definition) is 3. The van der Waals surface area contributed by atoms with E-state index in [0.29, 0.717) is 13.1 Å². The molecule has 0 unspecified atom stereocenters. The van der Waals surface area contributed by atoms with Crippen LogP contribution in [0.3, 0.4) is 0 Å². The molecule has 1 aromatic rings. The van der Waals surface area contributed by atoms with Gasteiger partial charge in [0, 0.05) is 24.6 Å². The Bertz CT molecular complexity index is 428. The molecule has 1 rings (SSSR count). The van der Waals surface area contributed by atoms with Gasteiger partial charge in [-0.15, -0.1) is 0 Å². The van der Waals surface area contributed by atoms with E-state index >= 15 is 0 Å². The highest BCUT2D eigenvalue weighted by Gasteiger charge is 2.25. The van der Waals surface area contributed by atoms with Crippen molar-refractivity contribution in [2.45, 2.75) is 33.6 Å². The fourth-order valence-electron chi connectivity index (χ4n) is 1.93. The van der Waals surface area contributed by atoms with Gasteiger partial charge in [0.05, 0.1) is 6.61 Å². The molecule has 114 valence electrons. The number of pyridine rings is 1. The number of halogens is 2. The van der Waals surface area contributed by atoms with Crippen molar-refractivity contribution in [3.63, 3.8) is 0 Å². The second-order valence-electron chi connectivity index (χ2n) is 4.90. The molecule has 0 spiro atoms. The highest BCUT2D eigenvalue weighted by atomic mass is 19.1. The van der Waals surface area contributed by atoms with Gasteiger partial charge in [-0.05, 0) is 19.8 Å². The van der Waals surface area contributed by atoms with Crippen LogP contribution in [0, 0.1) is 17.0 Å². The van der Waals surface area contributed by atoms with E-state index in [2.05, 4.69) is 15.6 Å². The fraction of sp³-hybridized carbons (Fsp3) is 0.643. The van der Waals surface area contributed by atoms with E-state index in [4.69, 9.17) is 0 Å². The number of aliphatic hydroxyl groups excluding tert-OH is 1. The number of aliphatic hydroxyl groups is 1. The summed E-state index contributed by atoms with van der Waals surface area (Å²) >= 11 is 0. The average Bonchev–Trinajstić information content (AvgIpc) is 2.45. The summed E-state index contributed by atoms with van der Waals surface area (Å²) in [4.78, 5) is 3.91. The molecule has 6 heteroatoms. The Morgan fingerprint density at radius 3 is 2.10 bits per heavy atom. The maximum Gasteiger partial charge on any atom is 0.168 e. The third-order valence-electron chi connectivity index (χ3n) is 3.74. The number of nitrogens with one attached hydrogen (secondary N) is 2. The predicted molar refractivity (Wildman–Crippen MR) is 76.9 cm³/mol. The summed E-state index contributed by atoms with van der Waals surface area (Å²) in [6.45, 7) is 6.65. The van der Waals surface area contributed by atoms with Gasteiger partial charge in [-0.1, -0.05) is 13.8 Å². The lowest BCUT2D eigenvalue weighted by molar-refractivity contribution is 0.127. The van der Waals surface area contributed by atoms with Crippen LogP contribution in [0.4, 0.5) is 20.4 Å². The molecule has 0 fully saturated rings. The third-order valence-corrected chi connectivity index (χ3v) is 3.74. The van der Waals surface area contributed by atoms with Crippen LogP contribution in [-0.4, -0.2) is 29.8 Å². The molecule has 0 saturated heterocycles. The zero-order valence-electron chi connectivity index (χ0n) is 12.3. The highest BCUT2D eigenvalue weighted by Crippen LogP contribution is 2.27.